The van der Waals surface area contributed by atoms with Gasteiger partial charge in [0.25, 0.3) is 0 Å². The number of nitrogens with zero attached hydrogens (tertiary/aromatic N) is 1. The Morgan fingerprint density at radius 1 is 0.959 bits per heavy atom. The first kappa shape index (κ1) is 58.0. The summed E-state index contributed by atoms with van der Waals surface area (Å²) >= 11 is 1.00. The average molecular weight is 1040 g/mol. The molecule has 25 heteroatoms. The van der Waals surface area contributed by atoms with Gasteiger partial charge in [-0.2, -0.15) is 0 Å². The van der Waals surface area contributed by atoms with Gasteiger partial charge in [-0.15, -0.1) is 11.8 Å². The number of amides is 8. The molecule has 4 aliphatic rings. The predicted molar refractivity (Wildman–Crippen MR) is 267 cm³/mol. The summed E-state index contributed by atoms with van der Waals surface area (Å²) in [5.41, 5.74) is 11.5. The minimum absolute atomic E-state index is 0.00816. The minimum Gasteiger partial charge on any atom is -0.475 e. The molecule has 0 saturated carbocycles. The van der Waals surface area contributed by atoms with Crippen LogP contribution in [0.15, 0.2) is 23.2 Å². The van der Waals surface area contributed by atoms with Crippen LogP contribution in [0, 0.1) is 17.3 Å². The molecular weight excluding hydrogens is 971 g/mol. The number of aromatic amines is 1. The molecule has 0 radical (unpaired) electrons. The Morgan fingerprint density at radius 2 is 1.63 bits per heavy atom. The smallest absolute Gasteiger partial charge is 0.244 e. The van der Waals surface area contributed by atoms with Crippen molar-refractivity contribution in [3.8, 4) is 5.75 Å². The van der Waals surface area contributed by atoms with Crippen LogP contribution in [0.5, 0.6) is 5.75 Å². The Kier molecular flexibility index (Phi) is 19.8. The van der Waals surface area contributed by atoms with E-state index in [-0.39, 0.29) is 25.1 Å². The van der Waals surface area contributed by atoms with E-state index < -0.39 is 151 Å². The summed E-state index contributed by atoms with van der Waals surface area (Å²) in [6.45, 7) is 10.6. The third-order valence-corrected chi connectivity index (χ3v) is 14.5. The molecular formula is C48H73N11O13S. The first-order valence-corrected chi connectivity index (χ1v) is 25.5. The summed E-state index contributed by atoms with van der Waals surface area (Å²) in [5, 5.41) is 51.1. The number of aliphatic hydroxyl groups excluding tert-OH is 3. The highest BCUT2D eigenvalue weighted by Gasteiger charge is 2.45. The number of nitrogens with one attached hydrogen (secondary N) is 8. The van der Waals surface area contributed by atoms with Gasteiger partial charge < -0.3 is 78.5 Å². The lowest BCUT2D eigenvalue weighted by atomic mass is 9.77. The van der Waals surface area contributed by atoms with Crippen LogP contribution in [0.3, 0.4) is 0 Å². The molecule has 1 fully saturated rings. The third-order valence-electron chi connectivity index (χ3n) is 13.3. The Hall–Kier alpha value is -5.86. The van der Waals surface area contributed by atoms with E-state index in [4.69, 9.17) is 16.2 Å². The van der Waals surface area contributed by atoms with Crippen molar-refractivity contribution < 1.29 is 63.2 Å². The highest BCUT2D eigenvalue weighted by atomic mass is 32.2. The van der Waals surface area contributed by atoms with Gasteiger partial charge in [0.05, 0.1) is 61.0 Å². The van der Waals surface area contributed by atoms with Gasteiger partial charge >= 0.3 is 0 Å². The molecule has 73 heavy (non-hydrogen) atoms. The van der Waals surface area contributed by atoms with Crippen molar-refractivity contribution in [3.05, 3.63) is 23.8 Å². The van der Waals surface area contributed by atoms with Crippen LogP contribution in [-0.4, -0.2) is 171 Å². The number of carbonyl (C=O) groups excluding carboxylic acids is 9. The molecule has 11 atom stereocenters. The number of nitrogens with two attached hydrogens (primary N) is 2. The summed E-state index contributed by atoms with van der Waals surface area (Å²) in [4.78, 5) is 127. The molecule has 24 nitrogen and oxygen atoms in total. The van der Waals surface area contributed by atoms with Gasteiger partial charge in [-0.25, -0.2) is 0 Å². The second kappa shape index (κ2) is 24.9. The van der Waals surface area contributed by atoms with Crippen LogP contribution in [-0.2, 0) is 49.6 Å². The largest absolute Gasteiger partial charge is 0.475 e. The van der Waals surface area contributed by atoms with Gasteiger partial charge in [0.2, 0.25) is 47.3 Å². The number of hydrogen-bond acceptors (Lipinski definition) is 16. The van der Waals surface area contributed by atoms with Gasteiger partial charge in [0.1, 0.15) is 36.2 Å². The molecule has 1 saturated heterocycles. The summed E-state index contributed by atoms with van der Waals surface area (Å²) in [6, 6.07) is -3.14. The molecule has 404 valence electrons. The van der Waals surface area contributed by atoms with Crippen molar-refractivity contribution in [2.24, 2.45) is 28.7 Å². The van der Waals surface area contributed by atoms with Gasteiger partial charge in [-0.1, -0.05) is 41.0 Å². The number of aromatic nitrogens is 1. The maximum atomic E-state index is 14.7. The van der Waals surface area contributed by atoms with Crippen LogP contribution < -0.4 is 53.4 Å². The minimum atomic E-state index is -1.60. The van der Waals surface area contributed by atoms with Gasteiger partial charge in [0, 0.05) is 48.0 Å². The van der Waals surface area contributed by atoms with Crippen molar-refractivity contribution in [1.29, 1.82) is 0 Å². The van der Waals surface area contributed by atoms with Crippen LogP contribution in [0.4, 0.5) is 0 Å². The molecule has 15 N–H and O–H groups in total. The number of carbonyl (C=O) groups is 9. The quantitative estimate of drug-likeness (QED) is 0.0855. The van der Waals surface area contributed by atoms with Crippen molar-refractivity contribution in [2.75, 3.05) is 32.0 Å². The van der Waals surface area contributed by atoms with Gasteiger partial charge in [0.15, 0.2) is 6.23 Å². The van der Waals surface area contributed by atoms with E-state index in [9.17, 15) is 58.5 Å². The van der Waals surface area contributed by atoms with E-state index in [1.54, 1.807) is 36.9 Å². The highest BCUT2D eigenvalue weighted by molar-refractivity contribution is 7.99. The molecule has 5 heterocycles. The summed E-state index contributed by atoms with van der Waals surface area (Å²) in [7, 11) is 0. The summed E-state index contributed by atoms with van der Waals surface area (Å²) in [5.74, 6) is -8.27. The van der Waals surface area contributed by atoms with Crippen molar-refractivity contribution in [3.63, 3.8) is 0 Å². The molecule has 6 rings (SSSR count). The lowest BCUT2D eigenvalue weighted by Gasteiger charge is -2.40. The Morgan fingerprint density at radius 3 is 2.26 bits per heavy atom. The molecule has 8 unspecified atom stereocenters. The fraction of sp³-hybridized carbons (Fsp3) is 0.646. The molecule has 5 bridgehead atoms. The maximum Gasteiger partial charge on any atom is 0.244 e. The van der Waals surface area contributed by atoms with Crippen molar-refractivity contribution >= 4 is 76.2 Å². The molecule has 1 aromatic carbocycles. The number of aliphatic hydroxyl groups is 3. The Labute approximate surface area is 427 Å². The number of ether oxygens (including phenoxy) is 1. The number of aldehydes is 1. The maximum absolute atomic E-state index is 14.7. The van der Waals surface area contributed by atoms with E-state index in [1.165, 1.54) is 6.92 Å². The zero-order valence-corrected chi connectivity index (χ0v) is 43.2. The fourth-order valence-corrected chi connectivity index (χ4v) is 10.8. The number of hydrogen-bond donors (Lipinski definition) is 13. The second-order valence-corrected chi connectivity index (χ2v) is 22.0. The van der Waals surface area contributed by atoms with E-state index in [1.807, 2.05) is 27.7 Å². The standard InChI is InChI=1S/C48H73N11O13S/c1-8-23(2)39-44(70)52-16-36(65)54-32(42(68)53-25(19-60)11-35(49)64)21-73-46-29-14-31(41(67)51-17-37(66)57-39)55-45(71)40(24(3)34(63)20-61)58-43(69)33-12-26(62)18-59(33)38(15-47(4,5)22-48(6,7)50)72-27-9-10-28(29)30(13-27)56-46/h9-10,13,19,23-26,31-34,38-40,56,61-63H,8,11-12,14-18,20-22,50H2,1-7H3,(H2,49,64)(H,51,67)(H,52,70)(H,53,68)(H,54,65)(H,55,71)(H,57,66)(H,58,69)/t23?,24-,25?,26+,31?,32-,33?,34?,38?,39?,40?/m0/s1. The zero-order valence-electron chi connectivity index (χ0n) is 42.4. The summed E-state index contributed by atoms with van der Waals surface area (Å²) < 4.78 is 6.80. The number of H-pyrrole nitrogens is 1. The molecule has 1 aromatic heterocycles. The number of thioether (sulfide) groups is 1. The molecule has 4 aliphatic heterocycles. The first-order valence-electron chi connectivity index (χ1n) is 24.5. The highest BCUT2D eigenvalue weighted by Crippen LogP contribution is 2.38. The van der Waals surface area contributed by atoms with Crippen LogP contribution in [0.2, 0.25) is 0 Å². The SMILES string of the molecule is CCC(C)C1NC(=O)CNC(=O)C2Cc3c([nH]c4cc(ccc34)OC(CC(C)(C)CC(C)(C)N)N3C[C@H](O)CC3C(=O)NC([C@@H](C)C(O)CO)C(=O)N2)SC[C@@H](C(=O)NC(C=O)CC(N)=O)NC(=O)CNC1=O. The first-order chi connectivity index (χ1) is 34.2. The predicted octanol–water partition coefficient (Wildman–Crippen LogP) is -2.72. The monoisotopic (exact) mass is 1040 g/mol. The van der Waals surface area contributed by atoms with Crippen LogP contribution in [0.25, 0.3) is 10.9 Å². The topological polar surface area (TPSA) is 379 Å². The van der Waals surface area contributed by atoms with E-state index >= 15 is 0 Å². The average Bonchev–Trinajstić information content (AvgIpc) is 3.88. The van der Waals surface area contributed by atoms with Gasteiger partial charge in [-0.3, -0.25) is 43.3 Å². The second-order valence-electron chi connectivity index (χ2n) is 20.9. The number of fused-ring (bicyclic) bond motifs is 6. The van der Waals surface area contributed by atoms with Crippen LogP contribution >= 0.6 is 11.8 Å². The Balaban J connectivity index is 1.71. The van der Waals surface area contributed by atoms with Crippen molar-refractivity contribution in [2.45, 2.75) is 152 Å². The molecule has 8 amide bonds. The zero-order chi connectivity index (χ0) is 54.1. The lowest BCUT2D eigenvalue weighted by molar-refractivity contribution is -0.137. The molecule has 2 aromatic rings. The van der Waals surface area contributed by atoms with E-state index in [2.05, 4.69) is 42.2 Å². The lowest BCUT2D eigenvalue weighted by Crippen LogP contribution is -2.61. The van der Waals surface area contributed by atoms with Gasteiger partial charge in [-0.05, 0) is 55.7 Å². The number of primary amides is 1. The number of rotatable bonds is 14. The van der Waals surface area contributed by atoms with E-state index in [0.717, 1.165) is 11.8 Å². The normalized spacial score (nSPS) is 26.1. The molecule has 0 spiro atoms. The third kappa shape index (κ3) is 15.8. The fourth-order valence-electron chi connectivity index (χ4n) is 9.66. The van der Waals surface area contributed by atoms with Crippen LogP contribution in [0.1, 0.15) is 86.1 Å². The van der Waals surface area contributed by atoms with E-state index in [0.29, 0.717) is 52.8 Å². The number of benzene rings is 1. The summed E-state index contributed by atoms with van der Waals surface area (Å²) in [6.07, 6.45) is -2.79. The Bertz CT molecular complexity index is 2380. The molecule has 0 aliphatic carbocycles. The van der Waals surface area contributed by atoms with Crippen molar-refractivity contribution in [1.82, 2.24) is 47.1 Å².